The molecule has 0 aliphatic heterocycles. The number of aromatic hydroxyl groups is 1. The molecule has 0 aliphatic carbocycles. The van der Waals surface area contributed by atoms with E-state index in [0.29, 0.717) is 11.5 Å². The van der Waals surface area contributed by atoms with E-state index >= 15 is 0 Å². The maximum Gasteiger partial charge on any atom is 0.339 e. The van der Waals surface area contributed by atoms with Crippen molar-refractivity contribution in [2.75, 3.05) is 0 Å². The molecule has 114 valence electrons. The van der Waals surface area contributed by atoms with E-state index in [0.717, 1.165) is 11.1 Å². The fraction of sp³-hybridized carbons (Fsp3) is 0. The van der Waals surface area contributed by atoms with Gasteiger partial charge in [0.25, 0.3) is 0 Å². The first-order chi connectivity index (χ1) is 11.1. The summed E-state index contributed by atoms with van der Waals surface area (Å²) in [7, 11) is 0. The minimum atomic E-state index is -1.18. The lowest BCUT2D eigenvalue weighted by molar-refractivity contribution is 0.0693. The number of hydrogen-bond acceptors (Lipinski definition) is 3. The molecule has 0 aliphatic rings. The minimum absolute atomic E-state index is 0.156. The summed E-state index contributed by atoms with van der Waals surface area (Å²) in [4.78, 5) is 10.9. The van der Waals surface area contributed by atoms with Gasteiger partial charge in [0, 0.05) is 6.07 Å². The molecule has 0 atom stereocenters. The molecule has 0 saturated carbocycles. The molecule has 0 saturated heterocycles. The van der Waals surface area contributed by atoms with Gasteiger partial charge in [-0.05, 0) is 35.4 Å². The molecule has 3 aromatic carbocycles. The van der Waals surface area contributed by atoms with Crippen LogP contribution in [0.5, 0.6) is 17.2 Å². The molecule has 23 heavy (non-hydrogen) atoms. The van der Waals surface area contributed by atoms with Crippen LogP contribution in [0.4, 0.5) is 0 Å². The maximum absolute atomic E-state index is 10.9. The van der Waals surface area contributed by atoms with Crippen molar-refractivity contribution < 1.29 is 19.7 Å². The van der Waals surface area contributed by atoms with Gasteiger partial charge < -0.3 is 14.9 Å². The van der Waals surface area contributed by atoms with E-state index in [1.165, 1.54) is 18.2 Å². The second-order valence-corrected chi connectivity index (χ2v) is 4.98. The van der Waals surface area contributed by atoms with E-state index in [4.69, 9.17) is 9.84 Å². The number of carboxylic acids is 1. The summed E-state index contributed by atoms with van der Waals surface area (Å²) >= 11 is 0. The third kappa shape index (κ3) is 3.32. The van der Waals surface area contributed by atoms with Crippen LogP contribution in [0, 0.1) is 0 Å². The monoisotopic (exact) mass is 306 g/mol. The highest BCUT2D eigenvalue weighted by Crippen LogP contribution is 2.29. The second-order valence-electron chi connectivity index (χ2n) is 4.98. The molecule has 0 radical (unpaired) electrons. The average Bonchev–Trinajstić information content (AvgIpc) is 2.56. The van der Waals surface area contributed by atoms with E-state index in [1.54, 1.807) is 0 Å². The number of carbonyl (C=O) groups is 1. The van der Waals surface area contributed by atoms with Crippen LogP contribution in [0.3, 0.4) is 0 Å². The largest absolute Gasteiger partial charge is 0.507 e. The minimum Gasteiger partial charge on any atom is -0.507 e. The number of aromatic carboxylic acids is 1. The third-order valence-electron chi connectivity index (χ3n) is 3.40. The molecule has 4 heteroatoms. The predicted octanol–water partition coefficient (Wildman–Crippen LogP) is 4.55. The molecule has 0 fully saturated rings. The Balaban J connectivity index is 1.79. The van der Waals surface area contributed by atoms with E-state index < -0.39 is 5.97 Å². The molecule has 3 rings (SSSR count). The summed E-state index contributed by atoms with van der Waals surface area (Å²) in [5.74, 6) is -0.524. The molecule has 0 heterocycles. The SMILES string of the molecule is O=C(O)c1ccc(Oc2ccc(-c3ccccc3)cc2)cc1O. The van der Waals surface area contributed by atoms with Crippen LogP contribution in [0.2, 0.25) is 0 Å². The molecule has 0 spiro atoms. The number of ether oxygens (including phenoxy) is 1. The van der Waals surface area contributed by atoms with Crippen molar-refractivity contribution in [2.45, 2.75) is 0 Å². The van der Waals surface area contributed by atoms with Crippen molar-refractivity contribution in [2.24, 2.45) is 0 Å². The normalized spacial score (nSPS) is 10.3. The zero-order valence-electron chi connectivity index (χ0n) is 12.1. The zero-order chi connectivity index (χ0) is 16.2. The van der Waals surface area contributed by atoms with Crippen molar-refractivity contribution in [3.05, 3.63) is 78.4 Å². The lowest BCUT2D eigenvalue weighted by Gasteiger charge is -2.08. The lowest BCUT2D eigenvalue weighted by Crippen LogP contribution is -1.96. The molecule has 0 bridgehead atoms. The van der Waals surface area contributed by atoms with Crippen LogP contribution in [-0.4, -0.2) is 16.2 Å². The fourth-order valence-electron chi connectivity index (χ4n) is 2.24. The molecule has 0 aromatic heterocycles. The third-order valence-corrected chi connectivity index (χ3v) is 3.40. The Morgan fingerprint density at radius 3 is 2.00 bits per heavy atom. The molecule has 2 N–H and O–H groups in total. The van der Waals surface area contributed by atoms with Crippen LogP contribution in [-0.2, 0) is 0 Å². The Hall–Kier alpha value is -3.27. The van der Waals surface area contributed by atoms with Crippen LogP contribution < -0.4 is 4.74 Å². The first kappa shape index (κ1) is 14.7. The van der Waals surface area contributed by atoms with Crippen molar-refractivity contribution in [3.63, 3.8) is 0 Å². The molecule has 0 unspecified atom stereocenters. The van der Waals surface area contributed by atoms with Gasteiger partial charge in [0.15, 0.2) is 0 Å². The molecule has 0 amide bonds. The number of benzene rings is 3. The van der Waals surface area contributed by atoms with Crippen molar-refractivity contribution >= 4 is 5.97 Å². The quantitative estimate of drug-likeness (QED) is 0.742. The topological polar surface area (TPSA) is 66.8 Å². The molecule has 3 aromatic rings. The standard InChI is InChI=1S/C19H14O4/c20-18-12-16(10-11-17(18)19(21)22)23-15-8-6-14(7-9-15)13-4-2-1-3-5-13/h1-12,20H,(H,21,22). The Morgan fingerprint density at radius 1 is 0.783 bits per heavy atom. The summed E-state index contributed by atoms with van der Waals surface area (Å²) < 4.78 is 5.63. The lowest BCUT2D eigenvalue weighted by atomic mass is 10.1. The van der Waals surface area contributed by atoms with Gasteiger partial charge in [-0.1, -0.05) is 42.5 Å². The van der Waals surface area contributed by atoms with Gasteiger partial charge in [-0.3, -0.25) is 0 Å². The molecular weight excluding hydrogens is 292 g/mol. The first-order valence-electron chi connectivity index (χ1n) is 7.03. The summed E-state index contributed by atoms with van der Waals surface area (Å²) in [5, 5.41) is 18.6. The number of carboxylic acid groups (broad SMARTS) is 1. The second kappa shape index (κ2) is 6.23. The Kier molecular flexibility index (Phi) is 3.97. The van der Waals surface area contributed by atoms with Crippen molar-refractivity contribution in [3.8, 4) is 28.4 Å². The van der Waals surface area contributed by atoms with Gasteiger partial charge in [-0.2, -0.15) is 0 Å². The summed E-state index contributed by atoms with van der Waals surface area (Å²) in [6.45, 7) is 0. The Labute approximate surface area is 133 Å². The highest BCUT2D eigenvalue weighted by Gasteiger charge is 2.10. The van der Waals surface area contributed by atoms with Crippen LogP contribution in [0.1, 0.15) is 10.4 Å². The van der Waals surface area contributed by atoms with E-state index in [9.17, 15) is 9.90 Å². The van der Waals surface area contributed by atoms with E-state index in [1.807, 2.05) is 54.6 Å². The smallest absolute Gasteiger partial charge is 0.339 e. The highest BCUT2D eigenvalue weighted by atomic mass is 16.5. The fourth-order valence-corrected chi connectivity index (χ4v) is 2.24. The van der Waals surface area contributed by atoms with Crippen molar-refractivity contribution in [1.29, 1.82) is 0 Å². The van der Waals surface area contributed by atoms with Crippen LogP contribution in [0.15, 0.2) is 72.8 Å². The maximum atomic E-state index is 10.9. The van der Waals surface area contributed by atoms with E-state index in [-0.39, 0.29) is 11.3 Å². The van der Waals surface area contributed by atoms with Gasteiger partial charge >= 0.3 is 5.97 Å². The summed E-state index contributed by atoms with van der Waals surface area (Å²) in [6, 6.07) is 21.6. The van der Waals surface area contributed by atoms with Crippen LogP contribution >= 0.6 is 0 Å². The van der Waals surface area contributed by atoms with Gasteiger partial charge in [-0.25, -0.2) is 4.79 Å². The number of phenols is 1. The Morgan fingerprint density at radius 2 is 1.39 bits per heavy atom. The van der Waals surface area contributed by atoms with Gasteiger partial charge in [-0.15, -0.1) is 0 Å². The van der Waals surface area contributed by atoms with Crippen molar-refractivity contribution in [1.82, 2.24) is 0 Å². The molecule has 4 nitrogen and oxygen atoms in total. The van der Waals surface area contributed by atoms with E-state index in [2.05, 4.69) is 0 Å². The number of rotatable bonds is 4. The number of hydrogen-bond donors (Lipinski definition) is 2. The molecular formula is C19H14O4. The Bertz CT molecular complexity index is 824. The predicted molar refractivity (Wildman–Crippen MR) is 87.0 cm³/mol. The highest BCUT2D eigenvalue weighted by molar-refractivity contribution is 5.90. The van der Waals surface area contributed by atoms with Crippen LogP contribution in [0.25, 0.3) is 11.1 Å². The summed E-state index contributed by atoms with van der Waals surface area (Å²) in [6.07, 6.45) is 0. The summed E-state index contributed by atoms with van der Waals surface area (Å²) in [5.41, 5.74) is 2.03. The zero-order valence-corrected chi connectivity index (χ0v) is 12.1. The van der Waals surface area contributed by atoms with Gasteiger partial charge in [0.2, 0.25) is 0 Å². The van der Waals surface area contributed by atoms with Gasteiger partial charge in [0.05, 0.1) is 0 Å². The first-order valence-corrected chi connectivity index (χ1v) is 7.03. The average molecular weight is 306 g/mol. The van der Waals surface area contributed by atoms with Gasteiger partial charge in [0.1, 0.15) is 22.8 Å².